The van der Waals surface area contributed by atoms with Gasteiger partial charge >= 0.3 is 0 Å². The fraction of sp³-hybridized carbons (Fsp3) is 0.429. The van der Waals surface area contributed by atoms with Gasteiger partial charge in [-0.25, -0.2) is 0 Å². The van der Waals surface area contributed by atoms with E-state index in [4.69, 9.17) is 22.1 Å². The molecule has 2 N–H and O–H groups in total. The van der Waals surface area contributed by atoms with Crippen molar-refractivity contribution in [3.05, 3.63) is 40.9 Å². The molecule has 0 aliphatic heterocycles. The van der Waals surface area contributed by atoms with Gasteiger partial charge in [-0.2, -0.15) is 0 Å². The lowest BCUT2D eigenvalue weighted by Gasteiger charge is -2.12. The molecule has 1 aromatic carbocycles. The van der Waals surface area contributed by atoms with Gasteiger partial charge in [0.1, 0.15) is 12.4 Å². The normalized spacial score (nSPS) is 21.1. The monoisotopic (exact) mass is 287 g/mol. The number of nitrogens with two attached hydrogens (primary N) is 1. The predicted octanol–water partition coefficient (Wildman–Crippen LogP) is 3.78. The van der Waals surface area contributed by atoms with E-state index in [0.29, 0.717) is 18.4 Å². The molecular weight excluding hydrogens is 269 g/mol. The largest absolute Gasteiger partial charge is 0.489 e. The molecule has 0 aromatic heterocycles. The summed E-state index contributed by atoms with van der Waals surface area (Å²) in [6, 6.07) is 5.79. The van der Waals surface area contributed by atoms with Gasteiger partial charge in [-0.3, -0.25) is 0 Å². The van der Waals surface area contributed by atoms with E-state index in [1.165, 1.54) is 5.56 Å². The maximum Gasteiger partial charge on any atom is 0.123 e. The molecule has 0 heterocycles. The molecule has 2 atom stereocenters. The van der Waals surface area contributed by atoms with Crippen molar-refractivity contribution in [1.82, 2.24) is 0 Å². The summed E-state index contributed by atoms with van der Waals surface area (Å²) in [5.74, 6) is 2.01. The summed E-state index contributed by atoms with van der Waals surface area (Å²) in [5.41, 5.74) is 7.88. The van der Waals surface area contributed by atoms with E-state index in [9.17, 15) is 0 Å². The first-order valence-corrected chi connectivity index (χ1v) is 6.26. The van der Waals surface area contributed by atoms with E-state index in [1.54, 1.807) is 0 Å². The van der Waals surface area contributed by atoms with Crippen LogP contribution in [0.1, 0.15) is 24.8 Å². The Kier molecular flexibility index (Phi) is 5.51. The summed E-state index contributed by atoms with van der Waals surface area (Å²) in [6.45, 7) is 7.08. The van der Waals surface area contributed by atoms with E-state index in [0.717, 1.165) is 29.3 Å². The first kappa shape index (κ1) is 15.4. The molecule has 4 heteroatoms. The molecule has 0 amide bonds. The van der Waals surface area contributed by atoms with Crippen molar-refractivity contribution in [2.24, 2.45) is 11.7 Å². The van der Waals surface area contributed by atoms with Crippen molar-refractivity contribution < 1.29 is 4.74 Å². The summed E-state index contributed by atoms with van der Waals surface area (Å²) in [6.07, 6.45) is 1.14. The van der Waals surface area contributed by atoms with Crippen molar-refractivity contribution in [2.75, 3.05) is 13.2 Å². The molecule has 2 nitrogen and oxygen atoms in total. The minimum Gasteiger partial charge on any atom is -0.489 e. The molecule has 0 spiro atoms. The molecule has 1 aliphatic rings. The minimum absolute atomic E-state index is 0. The van der Waals surface area contributed by atoms with E-state index in [-0.39, 0.29) is 12.4 Å². The van der Waals surface area contributed by atoms with Crippen LogP contribution in [0.15, 0.2) is 30.4 Å². The van der Waals surface area contributed by atoms with Crippen LogP contribution in [0.4, 0.5) is 0 Å². The Balaban J connectivity index is 0.00000162. The molecule has 0 saturated heterocycles. The zero-order chi connectivity index (χ0) is 12.4. The lowest BCUT2D eigenvalue weighted by molar-refractivity contribution is 0.348. The Morgan fingerprint density at radius 3 is 2.83 bits per heavy atom. The highest BCUT2D eigenvalue weighted by Crippen LogP contribution is 2.50. The molecule has 1 aromatic rings. The first-order valence-electron chi connectivity index (χ1n) is 5.88. The molecule has 1 saturated carbocycles. The van der Waals surface area contributed by atoms with Gasteiger partial charge in [-0.05, 0) is 61.1 Å². The number of benzene rings is 1. The Hall–Kier alpha value is -0.700. The second-order valence-corrected chi connectivity index (χ2v) is 5.20. The number of hydrogen-bond donors (Lipinski definition) is 1. The van der Waals surface area contributed by atoms with Gasteiger partial charge in [0, 0.05) is 5.02 Å². The molecule has 1 fully saturated rings. The van der Waals surface area contributed by atoms with Gasteiger partial charge in [0.05, 0.1) is 0 Å². The molecule has 100 valence electrons. The number of ether oxygens (including phenoxy) is 1. The maximum absolute atomic E-state index is 6.04. The average molecular weight is 288 g/mol. The Morgan fingerprint density at radius 1 is 1.56 bits per heavy atom. The van der Waals surface area contributed by atoms with Crippen molar-refractivity contribution in [2.45, 2.75) is 19.3 Å². The van der Waals surface area contributed by atoms with Crippen LogP contribution in [0.3, 0.4) is 0 Å². The smallest absolute Gasteiger partial charge is 0.123 e. The summed E-state index contributed by atoms with van der Waals surface area (Å²) in [7, 11) is 0. The second-order valence-electron chi connectivity index (χ2n) is 4.77. The van der Waals surface area contributed by atoms with Crippen LogP contribution in [0.2, 0.25) is 5.02 Å². The van der Waals surface area contributed by atoms with Crippen LogP contribution in [0.25, 0.3) is 0 Å². The quantitative estimate of drug-likeness (QED) is 0.837. The fourth-order valence-electron chi connectivity index (χ4n) is 2.03. The van der Waals surface area contributed by atoms with Crippen molar-refractivity contribution in [3.63, 3.8) is 0 Å². The molecule has 2 rings (SSSR count). The van der Waals surface area contributed by atoms with Crippen LogP contribution in [-0.4, -0.2) is 13.2 Å². The fourth-order valence-corrected chi connectivity index (χ4v) is 2.21. The van der Waals surface area contributed by atoms with Crippen molar-refractivity contribution in [3.8, 4) is 5.75 Å². The average Bonchev–Trinajstić information content (AvgIpc) is 3.06. The molecule has 1 aliphatic carbocycles. The maximum atomic E-state index is 6.04. The molecule has 18 heavy (non-hydrogen) atoms. The molecule has 0 bridgehead atoms. The predicted molar refractivity (Wildman–Crippen MR) is 78.9 cm³/mol. The van der Waals surface area contributed by atoms with Crippen LogP contribution in [0.5, 0.6) is 5.75 Å². The first-order chi connectivity index (χ1) is 8.11. The number of halogens is 2. The zero-order valence-corrected chi connectivity index (χ0v) is 12.1. The number of hydrogen-bond acceptors (Lipinski definition) is 2. The summed E-state index contributed by atoms with van der Waals surface area (Å²) < 4.78 is 5.75. The lowest BCUT2D eigenvalue weighted by Crippen LogP contribution is -2.04. The highest BCUT2D eigenvalue weighted by atomic mass is 35.5. The van der Waals surface area contributed by atoms with Crippen LogP contribution < -0.4 is 10.5 Å². The van der Waals surface area contributed by atoms with Gasteiger partial charge in [0.25, 0.3) is 0 Å². The van der Waals surface area contributed by atoms with Crippen LogP contribution in [0, 0.1) is 5.92 Å². The van der Waals surface area contributed by atoms with Gasteiger partial charge in [-0.15, -0.1) is 12.4 Å². The van der Waals surface area contributed by atoms with E-state index in [1.807, 2.05) is 25.1 Å². The van der Waals surface area contributed by atoms with Crippen LogP contribution in [-0.2, 0) is 0 Å². The van der Waals surface area contributed by atoms with Crippen molar-refractivity contribution in [1.29, 1.82) is 0 Å². The zero-order valence-electron chi connectivity index (χ0n) is 10.5. The summed E-state index contributed by atoms with van der Waals surface area (Å²) in [5, 5.41) is 0.755. The third-order valence-corrected chi connectivity index (χ3v) is 3.31. The number of rotatable bonds is 5. The Morgan fingerprint density at radius 2 is 2.28 bits per heavy atom. The minimum atomic E-state index is 0. The molecule has 0 radical (unpaired) electrons. The Bertz CT molecular complexity index is 434. The summed E-state index contributed by atoms with van der Waals surface area (Å²) >= 11 is 6.04. The molecule has 0 unspecified atom stereocenters. The van der Waals surface area contributed by atoms with E-state index < -0.39 is 0 Å². The second kappa shape index (κ2) is 6.46. The third kappa shape index (κ3) is 3.64. The standard InChI is InChI=1S/C14H18ClNO.ClH/c1-9(2)8-17-14-4-3-11(15)6-13(14)12-5-10(12)7-16;/h3-4,6,10,12H,1,5,7-8,16H2,2H3;1H/t10-,12+;/m0./s1. The van der Waals surface area contributed by atoms with E-state index in [2.05, 4.69) is 6.58 Å². The highest BCUT2D eigenvalue weighted by molar-refractivity contribution is 6.30. The highest BCUT2D eigenvalue weighted by Gasteiger charge is 2.38. The van der Waals surface area contributed by atoms with E-state index >= 15 is 0 Å². The lowest BCUT2D eigenvalue weighted by atomic mass is 10.1. The Labute approximate surface area is 120 Å². The van der Waals surface area contributed by atoms with Gasteiger partial charge in [-0.1, -0.05) is 18.2 Å². The van der Waals surface area contributed by atoms with Gasteiger partial charge in [0.2, 0.25) is 0 Å². The van der Waals surface area contributed by atoms with Crippen molar-refractivity contribution >= 4 is 24.0 Å². The van der Waals surface area contributed by atoms with Gasteiger partial charge < -0.3 is 10.5 Å². The summed E-state index contributed by atoms with van der Waals surface area (Å²) in [4.78, 5) is 0. The third-order valence-electron chi connectivity index (χ3n) is 3.07. The van der Waals surface area contributed by atoms with Crippen LogP contribution >= 0.6 is 24.0 Å². The van der Waals surface area contributed by atoms with Gasteiger partial charge in [0.15, 0.2) is 0 Å². The molecular formula is C14H19Cl2NO. The SMILES string of the molecule is C=C(C)COc1ccc(Cl)cc1[C@@H]1C[C@H]1CN.Cl. The topological polar surface area (TPSA) is 35.2 Å².